The molecule has 1 amide bonds. The van der Waals surface area contributed by atoms with Gasteiger partial charge in [-0.3, -0.25) is 14.9 Å². The Labute approximate surface area is 167 Å². The minimum absolute atomic E-state index is 0.00734. The molecule has 1 heterocycles. The number of hydrogen-bond acceptors (Lipinski definition) is 5. The number of benzene rings is 3. The minimum atomic E-state index is -0.422. The van der Waals surface area contributed by atoms with Gasteiger partial charge >= 0.3 is 0 Å². The van der Waals surface area contributed by atoms with Crippen LogP contribution in [-0.2, 0) is 4.79 Å². The van der Waals surface area contributed by atoms with E-state index in [-0.39, 0.29) is 11.6 Å². The summed E-state index contributed by atoms with van der Waals surface area (Å²) < 4.78 is 0. The lowest BCUT2D eigenvalue weighted by Crippen LogP contribution is -2.10. The van der Waals surface area contributed by atoms with Crippen molar-refractivity contribution < 1.29 is 9.72 Å². The summed E-state index contributed by atoms with van der Waals surface area (Å²) in [6.07, 6.45) is 0. The Morgan fingerprint density at radius 3 is 2.55 bits per heavy atom. The number of nitrogen functional groups attached to an aromatic ring is 1. The van der Waals surface area contributed by atoms with E-state index in [1.54, 1.807) is 37.3 Å². The van der Waals surface area contributed by atoms with Gasteiger partial charge < -0.3 is 16.4 Å². The first-order valence-corrected chi connectivity index (χ1v) is 8.97. The number of nitrogens with zero attached hydrogens (tertiary/aromatic N) is 1. The number of amides is 1. The number of anilines is 3. The van der Waals surface area contributed by atoms with E-state index in [0.29, 0.717) is 39.5 Å². The first-order valence-electron chi connectivity index (χ1n) is 8.97. The monoisotopic (exact) mass is 386 g/mol. The molecule has 0 saturated carbocycles. The van der Waals surface area contributed by atoms with Crippen molar-refractivity contribution in [1.82, 2.24) is 0 Å². The summed E-state index contributed by atoms with van der Waals surface area (Å²) in [4.78, 5) is 23.7. The van der Waals surface area contributed by atoms with Crippen molar-refractivity contribution in [3.63, 3.8) is 0 Å². The van der Waals surface area contributed by atoms with Gasteiger partial charge in [0.15, 0.2) is 0 Å². The van der Waals surface area contributed by atoms with Crippen molar-refractivity contribution in [2.75, 3.05) is 16.4 Å². The van der Waals surface area contributed by atoms with Gasteiger partial charge in [-0.05, 0) is 36.8 Å². The van der Waals surface area contributed by atoms with E-state index in [9.17, 15) is 14.9 Å². The molecule has 3 aromatic carbocycles. The third kappa shape index (κ3) is 3.41. The summed E-state index contributed by atoms with van der Waals surface area (Å²) in [5.41, 5.74) is 10.7. The SMILES string of the molecule is Cc1ccc(N/C(=C2\C(=O)Nc3ccc(N)cc32)c2ccccc2)cc1[N+](=O)[O-]. The smallest absolute Gasteiger partial charge is 0.274 e. The first-order chi connectivity index (χ1) is 13.9. The molecule has 1 aliphatic heterocycles. The van der Waals surface area contributed by atoms with E-state index in [2.05, 4.69) is 10.6 Å². The van der Waals surface area contributed by atoms with E-state index in [4.69, 9.17) is 5.73 Å². The van der Waals surface area contributed by atoms with Gasteiger partial charge in [-0.25, -0.2) is 0 Å². The average Bonchev–Trinajstić information content (AvgIpc) is 3.02. The van der Waals surface area contributed by atoms with Crippen LogP contribution in [0.4, 0.5) is 22.7 Å². The zero-order valence-electron chi connectivity index (χ0n) is 15.6. The summed E-state index contributed by atoms with van der Waals surface area (Å²) >= 11 is 0. The second-order valence-electron chi connectivity index (χ2n) is 6.76. The summed E-state index contributed by atoms with van der Waals surface area (Å²) in [6.45, 7) is 1.68. The fraction of sp³-hybridized carbons (Fsp3) is 0.0455. The number of nitro groups is 1. The summed E-state index contributed by atoms with van der Waals surface area (Å²) in [7, 11) is 0. The predicted octanol–water partition coefficient (Wildman–Crippen LogP) is 4.42. The Morgan fingerprint density at radius 1 is 1.07 bits per heavy atom. The Hall–Kier alpha value is -4.13. The van der Waals surface area contributed by atoms with Crippen LogP contribution in [-0.4, -0.2) is 10.8 Å². The van der Waals surface area contributed by atoms with Crippen molar-refractivity contribution in [3.8, 4) is 0 Å². The molecule has 0 spiro atoms. The molecule has 1 aliphatic rings. The van der Waals surface area contributed by atoms with Crippen LogP contribution >= 0.6 is 0 Å². The molecular formula is C22H18N4O3. The standard InChI is InChI=1S/C22H18N4O3/c1-13-7-9-16(12-19(13)26(28)29)24-21(14-5-3-2-4-6-14)20-17-11-15(23)8-10-18(17)25-22(20)27/h2-12,24H,23H2,1H3,(H,25,27)/b21-20-. The van der Waals surface area contributed by atoms with Crippen molar-refractivity contribution >= 4 is 39.9 Å². The third-order valence-corrected chi connectivity index (χ3v) is 4.78. The molecule has 0 atom stereocenters. The molecule has 0 radical (unpaired) electrons. The average molecular weight is 386 g/mol. The lowest BCUT2D eigenvalue weighted by molar-refractivity contribution is -0.385. The second-order valence-corrected chi connectivity index (χ2v) is 6.76. The number of carbonyl (C=O) groups excluding carboxylic acids is 1. The van der Waals surface area contributed by atoms with Crippen molar-refractivity contribution in [2.45, 2.75) is 6.92 Å². The molecule has 7 nitrogen and oxygen atoms in total. The molecule has 4 rings (SSSR count). The molecule has 0 aliphatic carbocycles. The van der Waals surface area contributed by atoms with Gasteiger partial charge in [-0.2, -0.15) is 0 Å². The molecule has 7 heteroatoms. The highest BCUT2D eigenvalue weighted by Crippen LogP contribution is 2.38. The molecule has 4 N–H and O–H groups in total. The number of rotatable bonds is 4. The molecule has 0 fully saturated rings. The van der Waals surface area contributed by atoms with E-state index < -0.39 is 4.92 Å². The Morgan fingerprint density at radius 2 is 1.83 bits per heavy atom. The lowest BCUT2D eigenvalue weighted by atomic mass is 9.99. The van der Waals surface area contributed by atoms with E-state index >= 15 is 0 Å². The zero-order chi connectivity index (χ0) is 20.5. The molecule has 3 aromatic rings. The highest BCUT2D eigenvalue weighted by molar-refractivity contribution is 6.37. The number of nitrogens with one attached hydrogen (secondary N) is 2. The molecule has 29 heavy (non-hydrogen) atoms. The number of hydrogen-bond donors (Lipinski definition) is 3. The zero-order valence-corrected chi connectivity index (χ0v) is 15.6. The molecule has 0 unspecified atom stereocenters. The van der Waals surface area contributed by atoms with Crippen LogP contribution in [0.5, 0.6) is 0 Å². The third-order valence-electron chi connectivity index (χ3n) is 4.78. The van der Waals surface area contributed by atoms with E-state index in [0.717, 1.165) is 5.56 Å². The van der Waals surface area contributed by atoms with E-state index in [1.807, 2.05) is 30.3 Å². The number of carbonyl (C=O) groups is 1. The number of fused-ring (bicyclic) bond motifs is 1. The second kappa shape index (κ2) is 7.12. The minimum Gasteiger partial charge on any atom is -0.399 e. The van der Waals surface area contributed by atoms with E-state index in [1.165, 1.54) is 6.07 Å². The van der Waals surface area contributed by atoms with Crippen LogP contribution in [0.25, 0.3) is 11.3 Å². The molecule has 0 bridgehead atoms. The summed E-state index contributed by atoms with van der Waals surface area (Å²) in [6, 6.07) is 19.5. The Bertz CT molecular complexity index is 1170. The summed E-state index contributed by atoms with van der Waals surface area (Å²) in [5.74, 6) is -0.265. The Kier molecular flexibility index (Phi) is 4.48. The van der Waals surface area contributed by atoms with Crippen LogP contribution in [0.3, 0.4) is 0 Å². The van der Waals surface area contributed by atoms with Crippen LogP contribution < -0.4 is 16.4 Å². The molecule has 0 aromatic heterocycles. The largest absolute Gasteiger partial charge is 0.399 e. The van der Waals surface area contributed by atoms with Crippen LogP contribution in [0.15, 0.2) is 66.7 Å². The maximum absolute atomic E-state index is 12.8. The van der Waals surface area contributed by atoms with Gasteiger partial charge in [-0.15, -0.1) is 0 Å². The van der Waals surface area contributed by atoms with Gasteiger partial charge in [0.2, 0.25) is 0 Å². The molecule has 0 saturated heterocycles. The van der Waals surface area contributed by atoms with Gasteiger partial charge in [-0.1, -0.05) is 36.4 Å². The Balaban J connectivity index is 1.91. The topological polar surface area (TPSA) is 110 Å². The van der Waals surface area contributed by atoms with Crippen LogP contribution in [0.1, 0.15) is 16.7 Å². The maximum atomic E-state index is 12.8. The van der Waals surface area contributed by atoms with Gasteiger partial charge in [0, 0.05) is 34.3 Å². The molecule has 144 valence electrons. The number of nitrogens with two attached hydrogens (primary N) is 1. The quantitative estimate of drug-likeness (QED) is 0.266. The highest BCUT2D eigenvalue weighted by Gasteiger charge is 2.28. The fourth-order valence-corrected chi connectivity index (χ4v) is 3.35. The van der Waals surface area contributed by atoms with Crippen molar-refractivity contribution in [3.05, 3.63) is 93.5 Å². The predicted molar refractivity (Wildman–Crippen MR) is 114 cm³/mol. The maximum Gasteiger partial charge on any atom is 0.274 e. The normalized spacial score (nSPS) is 14.2. The molecular weight excluding hydrogens is 368 g/mol. The van der Waals surface area contributed by atoms with Crippen molar-refractivity contribution in [2.24, 2.45) is 0 Å². The lowest BCUT2D eigenvalue weighted by Gasteiger charge is -2.15. The fourth-order valence-electron chi connectivity index (χ4n) is 3.35. The van der Waals surface area contributed by atoms with Gasteiger partial charge in [0.05, 0.1) is 16.2 Å². The van der Waals surface area contributed by atoms with Crippen molar-refractivity contribution in [1.29, 1.82) is 0 Å². The number of aryl methyl sites for hydroxylation is 1. The van der Waals surface area contributed by atoms with Gasteiger partial charge in [0.25, 0.3) is 11.6 Å². The van der Waals surface area contributed by atoms with Crippen LogP contribution in [0, 0.1) is 17.0 Å². The summed E-state index contributed by atoms with van der Waals surface area (Å²) in [5, 5.41) is 17.4. The highest BCUT2D eigenvalue weighted by atomic mass is 16.6. The van der Waals surface area contributed by atoms with Crippen LogP contribution in [0.2, 0.25) is 0 Å². The number of nitro benzene ring substituents is 1. The first kappa shape index (κ1) is 18.2. The van der Waals surface area contributed by atoms with Gasteiger partial charge in [0.1, 0.15) is 0 Å².